The van der Waals surface area contributed by atoms with Gasteiger partial charge in [-0.15, -0.1) is 0 Å². The average molecular weight is 268 g/mol. The molecule has 1 aliphatic rings. The molecular formula is C15H28N2O2. The number of rotatable bonds is 6. The zero-order valence-electron chi connectivity index (χ0n) is 13.0. The Morgan fingerprint density at radius 1 is 1.21 bits per heavy atom. The summed E-state index contributed by atoms with van der Waals surface area (Å²) in [7, 11) is 0. The van der Waals surface area contributed by atoms with E-state index in [2.05, 4.69) is 12.2 Å². The van der Waals surface area contributed by atoms with Crippen molar-refractivity contribution in [2.24, 2.45) is 5.92 Å². The zero-order chi connectivity index (χ0) is 14.6. The highest BCUT2D eigenvalue weighted by molar-refractivity contribution is 5.99. The summed E-state index contributed by atoms with van der Waals surface area (Å²) < 4.78 is 0. The minimum absolute atomic E-state index is 0.0239. The molecule has 4 heteroatoms. The third-order valence-corrected chi connectivity index (χ3v) is 4.59. The summed E-state index contributed by atoms with van der Waals surface area (Å²) in [4.78, 5) is 27.1. The van der Waals surface area contributed by atoms with Crippen LogP contribution >= 0.6 is 0 Å². The first-order valence-corrected chi connectivity index (χ1v) is 7.60. The third-order valence-electron chi connectivity index (χ3n) is 4.59. The summed E-state index contributed by atoms with van der Waals surface area (Å²) in [5.74, 6) is 0.304. The van der Waals surface area contributed by atoms with Crippen molar-refractivity contribution < 1.29 is 9.59 Å². The molecule has 0 spiro atoms. The largest absolute Gasteiger partial charge is 0.342 e. The fraction of sp³-hybridized carbons (Fsp3) is 0.867. The molecule has 2 unspecified atom stereocenters. The molecular weight excluding hydrogens is 240 g/mol. The Kier molecular flexibility index (Phi) is 5.39. The van der Waals surface area contributed by atoms with E-state index in [1.807, 2.05) is 32.6 Å². The molecule has 0 aromatic heterocycles. The molecule has 0 aliphatic carbocycles. The van der Waals surface area contributed by atoms with E-state index < -0.39 is 5.54 Å². The standard InChI is InChI=1S/C15H28N2O2/c1-6-10-17-13(18)12(11(5)7-2)16-14(19)15(17,8-3)9-4/h11-12H,6-10H2,1-5H3,(H,16,19). The Morgan fingerprint density at radius 2 is 1.79 bits per heavy atom. The summed E-state index contributed by atoms with van der Waals surface area (Å²) in [6.07, 6.45) is 3.12. The molecule has 2 atom stereocenters. The second-order valence-corrected chi connectivity index (χ2v) is 5.57. The van der Waals surface area contributed by atoms with Gasteiger partial charge in [-0.05, 0) is 25.2 Å². The van der Waals surface area contributed by atoms with Gasteiger partial charge < -0.3 is 10.2 Å². The summed E-state index contributed by atoms with van der Waals surface area (Å²) in [5.41, 5.74) is -0.642. The highest BCUT2D eigenvalue weighted by Crippen LogP contribution is 2.31. The molecule has 1 N–H and O–H groups in total. The topological polar surface area (TPSA) is 49.4 Å². The normalized spacial score (nSPS) is 24.3. The second kappa shape index (κ2) is 6.40. The smallest absolute Gasteiger partial charge is 0.246 e. The average Bonchev–Trinajstić information content (AvgIpc) is 2.43. The van der Waals surface area contributed by atoms with Gasteiger partial charge in [0.1, 0.15) is 11.6 Å². The van der Waals surface area contributed by atoms with Gasteiger partial charge in [-0.3, -0.25) is 9.59 Å². The number of nitrogens with one attached hydrogen (secondary N) is 1. The van der Waals surface area contributed by atoms with Gasteiger partial charge >= 0.3 is 0 Å². The van der Waals surface area contributed by atoms with Crippen LogP contribution in [0, 0.1) is 5.92 Å². The Hall–Kier alpha value is -1.06. The van der Waals surface area contributed by atoms with Crippen molar-refractivity contribution in [2.75, 3.05) is 6.54 Å². The van der Waals surface area contributed by atoms with E-state index in [4.69, 9.17) is 0 Å². The molecule has 1 rings (SSSR count). The van der Waals surface area contributed by atoms with E-state index in [0.29, 0.717) is 19.4 Å². The van der Waals surface area contributed by atoms with E-state index in [9.17, 15) is 9.59 Å². The third kappa shape index (κ3) is 2.63. The fourth-order valence-corrected chi connectivity index (χ4v) is 2.96. The van der Waals surface area contributed by atoms with Gasteiger partial charge in [-0.1, -0.05) is 41.0 Å². The predicted octanol–water partition coefficient (Wildman–Crippen LogP) is 2.33. The zero-order valence-corrected chi connectivity index (χ0v) is 13.0. The lowest BCUT2D eigenvalue weighted by Gasteiger charge is -2.48. The maximum Gasteiger partial charge on any atom is 0.246 e. The van der Waals surface area contributed by atoms with Crippen LogP contribution in [-0.4, -0.2) is 34.8 Å². The van der Waals surface area contributed by atoms with Crippen LogP contribution in [0.4, 0.5) is 0 Å². The summed E-state index contributed by atoms with van der Waals surface area (Å²) in [5, 5.41) is 2.97. The Morgan fingerprint density at radius 3 is 2.21 bits per heavy atom. The molecule has 0 aromatic rings. The first-order valence-electron chi connectivity index (χ1n) is 7.60. The highest BCUT2D eigenvalue weighted by atomic mass is 16.2. The molecule has 1 aliphatic heterocycles. The first kappa shape index (κ1) is 16.0. The summed E-state index contributed by atoms with van der Waals surface area (Å²) in [6.45, 7) is 10.8. The SMILES string of the molecule is CCCN1C(=O)C(C(C)CC)NC(=O)C1(CC)CC. The quantitative estimate of drug-likeness (QED) is 0.803. The fourth-order valence-electron chi connectivity index (χ4n) is 2.96. The van der Waals surface area contributed by atoms with E-state index in [1.165, 1.54) is 0 Å². The van der Waals surface area contributed by atoms with E-state index in [-0.39, 0.29) is 23.8 Å². The van der Waals surface area contributed by atoms with Gasteiger partial charge in [0.2, 0.25) is 11.8 Å². The van der Waals surface area contributed by atoms with Crippen LogP contribution in [0.25, 0.3) is 0 Å². The van der Waals surface area contributed by atoms with Crippen molar-refractivity contribution in [2.45, 2.75) is 71.9 Å². The van der Waals surface area contributed by atoms with Gasteiger partial charge in [0, 0.05) is 6.54 Å². The molecule has 0 saturated carbocycles. The molecule has 2 amide bonds. The van der Waals surface area contributed by atoms with Crippen LogP contribution in [0.2, 0.25) is 0 Å². The highest BCUT2D eigenvalue weighted by Gasteiger charge is 2.50. The Balaban J connectivity index is 3.13. The van der Waals surface area contributed by atoms with Crippen molar-refractivity contribution in [3.63, 3.8) is 0 Å². The number of carbonyl (C=O) groups is 2. The summed E-state index contributed by atoms with van der Waals surface area (Å²) in [6, 6.07) is -0.352. The van der Waals surface area contributed by atoms with Crippen LogP contribution in [0.15, 0.2) is 0 Å². The lowest BCUT2D eigenvalue weighted by atomic mass is 9.83. The van der Waals surface area contributed by atoms with Gasteiger partial charge in [0.05, 0.1) is 0 Å². The van der Waals surface area contributed by atoms with Crippen molar-refractivity contribution in [3.8, 4) is 0 Å². The number of nitrogens with zero attached hydrogens (tertiary/aromatic N) is 1. The predicted molar refractivity (Wildman–Crippen MR) is 76.7 cm³/mol. The molecule has 1 saturated heterocycles. The van der Waals surface area contributed by atoms with Crippen molar-refractivity contribution in [1.82, 2.24) is 10.2 Å². The maximum atomic E-state index is 12.7. The van der Waals surface area contributed by atoms with Crippen LogP contribution in [0.5, 0.6) is 0 Å². The van der Waals surface area contributed by atoms with E-state index >= 15 is 0 Å². The second-order valence-electron chi connectivity index (χ2n) is 5.57. The van der Waals surface area contributed by atoms with Gasteiger partial charge in [-0.25, -0.2) is 0 Å². The lowest BCUT2D eigenvalue weighted by molar-refractivity contribution is -0.159. The summed E-state index contributed by atoms with van der Waals surface area (Å²) >= 11 is 0. The molecule has 1 fully saturated rings. The van der Waals surface area contributed by atoms with Crippen LogP contribution < -0.4 is 5.32 Å². The minimum Gasteiger partial charge on any atom is -0.342 e. The van der Waals surface area contributed by atoms with Gasteiger partial charge in [0.25, 0.3) is 0 Å². The molecule has 1 heterocycles. The number of hydrogen-bond acceptors (Lipinski definition) is 2. The molecule has 0 radical (unpaired) electrons. The number of piperazine rings is 1. The molecule has 0 aromatic carbocycles. The molecule has 110 valence electrons. The molecule has 19 heavy (non-hydrogen) atoms. The lowest BCUT2D eigenvalue weighted by Crippen LogP contribution is -2.71. The molecule has 4 nitrogen and oxygen atoms in total. The maximum absolute atomic E-state index is 12.7. The van der Waals surface area contributed by atoms with E-state index in [0.717, 1.165) is 12.8 Å². The first-order chi connectivity index (χ1) is 8.98. The van der Waals surface area contributed by atoms with Gasteiger partial charge in [0.15, 0.2) is 0 Å². The van der Waals surface area contributed by atoms with Crippen molar-refractivity contribution in [1.29, 1.82) is 0 Å². The van der Waals surface area contributed by atoms with Crippen LogP contribution in [0.1, 0.15) is 60.3 Å². The number of amides is 2. The Bertz CT molecular complexity index is 337. The number of hydrogen-bond donors (Lipinski definition) is 1. The van der Waals surface area contributed by atoms with Crippen LogP contribution in [-0.2, 0) is 9.59 Å². The molecule has 0 bridgehead atoms. The number of carbonyl (C=O) groups excluding carboxylic acids is 2. The van der Waals surface area contributed by atoms with Crippen molar-refractivity contribution >= 4 is 11.8 Å². The minimum atomic E-state index is -0.642. The Labute approximate surface area is 116 Å². The monoisotopic (exact) mass is 268 g/mol. The van der Waals surface area contributed by atoms with Crippen LogP contribution in [0.3, 0.4) is 0 Å². The van der Waals surface area contributed by atoms with Crippen molar-refractivity contribution in [3.05, 3.63) is 0 Å². The van der Waals surface area contributed by atoms with E-state index in [1.54, 1.807) is 0 Å². The van der Waals surface area contributed by atoms with Gasteiger partial charge in [-0.2, -0.15) is 0 Å².